The van der Waals surface area contributed by atoms with E-state index in [1.807, 2.05) is 36.2 Å². The van der Waals surface area contributed by atoms with Crippen molar-refractivity contribution in [1.29, 1.82) is 0 Å². The fraction of sp³-hybridized carbons (Fsp3) is 0.609. The van der Waals surface area contributed by atoms with Crippen LogP contribution in [0.15, 0.2) is 42.9 Å². The van der Waals surface area contributed by atoms with Gasteiger partial charge in [-0.1, -0.05) is 6.07 Å². The second kappa shape index (κ2) is 24.6. The molecule has 0 spiro atoms. The van der Waals surface area contributed by atoms with Crippen molar-refractivity contribution in [2.24, 2.45) is 11.8 Å². The molecule has 0 bridgehead atoms. The Labute approximate surface area is 533 Å². The number of benzene rings is 2. The van der Waals surface area contributed by atoms with Crippen LogP contribution < -0.4 is 41.1 Å². The lowest BCUT2D eigenvalue weighted by Gasteiger charge is -2.38. The lowest BCUT2D eigenvalue weighted by Crippen LogP contribution is -2.45. The van der Waals surface area contributed by atoms with E-state index in [1.165, 1.54) is 52.4 Å². The Morgan fingerprint density at radius 3 is 1.48 bits per heavy atom. The fourth-order valence-electron chi connectivity index (χ4n) is 11.9. The summed E-state index contributed by atoms with van der Waals surface area (Å²) in [5, 5.41) is 18.9. The van der Waals surface area contributed by atoms with Gasteiger partial charge in [0.05, 0.1) is 78.6 Å². The number of aromatic nitrogens is 6. The number of rotatable bonds is 13. The molecule has 2 atom stereocenters. The molecule has 4 N–H and O–H groups in total. The third-order valence-corrected chi connectivity index (χ3v) is 20.5. The van der Waals surface area contributed by atoms with E-state index in [0.717, 1.165) is 165 Å². The number of anilines is 5. The number of nitrogen functional groups attached to an aromatic ring is 1. The molecular weight excluding hydrogens is 1320 g/mol. The molecule has 0 radical (unpaired) electrons. The van der Waals surface area contributed by atoms with E-state index in [4.69, 9.17) is 24.5 Å². The first-order valence-electron chi connectivity index (χ1n) is 31.7. The zero-order valence-corrected chi connectivity index (χ0v) is 55.4. The molecule has 6 heterocycles. The van der Waals surface area contributed by atoms with Crippen LogP contribution in [0.5, 0.6) is 11.5 Å². The first-order valence-corrected chi connectivity index (χ1v) is 33.8. The van der Waals surface area contributed by atoms with E-state index in [0.29, 0.717) is 18.1 Å². The molecule has 19 nitrogen and oxygen atoms in total. The van der Waals surface area contributed by atoms with Gasteiger partial charge in [0.1, 0.15) is 29.0 Å². The number of nitrogens with one attached hydrogen (secondary N) is 2. The normalized spacial score (nSPS) is 22.7. The molecule has 15 rings (SSSR count). The van der Waals surface area contributed by atoms with E-state index in [2.05, 4.69) is 137 Å². The summed E-state index contributed by atoms with van der Waals surface area (Å²) in [5.74, 6) is 4.96. The van der Waals surface area contributed by atoms with E-state index in [9.17, 15) is 19.2 Å². The molecule has 3 aliphatic heterocycles. The van der Waals surface area contributed by atoms with Crippen LogP contribution >= 0.6 is 45.2 Å². The second-order valence-electron chi connectivity index (χ2n) is 26.6. The quantitative estimate of drug-likeness (QED) is 0.0741. The number of carbonyl (C=O) groups excluding carboxylic acids is 4. The summed E-state index contributed by atoms with van der Waals surface area (Å²) in [6.45, 7) is 15.7. The fourth-order valence-corrected chi connectivity index (χ4v) is 12.8. The van der Waals surface area contributed by atoms with Crippen molar-refractivity contribution in [1.82, 2.24) is 29.3 Å². The highest BCUT2D eigenvalue weighted by molar-refractivity contribution is 14.1. The van der Waals surface area contributed by atoms with E-state index in [1.54, 1.807) is 6.20 Å². The molecule has 4 amide bonds. The number of ether oxygens (including phenoxy) is 2. The Morgan fingerprint density at radius 1 is 0.570 bits per heavy atom. The highest BCUT2D eigenvalue weighted by Gasteiger charge is 2.53. The van der Waals surface area contributed by atoms with Gasteiger partial charge in [0.2, 0.25) is 23.6 Å². The average molecular weight is 1400 g/mol. The van der Waals surface area contributed by atoms with Crippen LogP contribution in [0.3, 0.4) is 0 Å². The zero-order valence-electron chi connectivity index (χ0n) is 51.1. The van der Waals surface area contributed by atoms with Gasteiger partial charge in [-0.2, -0.15) is 15.3 Å². The topological polar surface area (TPSA) is 215 Å². The number of carbonyl (C=O) groups is 4. The van der Waals surface area contributed by atoms with Crippen molar-refractivity contribution in [3.8, 4) is 22.6 Å². The minimum absolute atomic E-state index is 0.0414. The molecule has 86 heavy (non-hydrogen) atoms. The summed E-state index contributed by atoms with van der Waals surface area (Å²) in [5.41, 5.74) is 12.1. The molecule has 7 saturated carbocycles. The molecular formula is C64H84BI2N11O8. The van der Waals surface area contributed by atoms with Crippen LogP contribution in [-0.2, 0) is 41.3 Å². The Morgan fingerprint density at radius 2 is 1.01 bits per heavy atom. The van der Waals surface area contributed by atoms with Gasteiger partial charge in [-0.15, -0.1) is 0 Å². The minimum Gasteiger partial charge on any atom is -0.490 e. The Balaban J connectivity index is 0.000000124. The molecule has 5 aromatic rings. The summed E-state index contributed by atoms with van der Waals surface area (Å²) in [7, 11) is -0.456. The summed E-state index contributed by atoms with van der Waals surface area (Å²) >= 11 is 4.38. The summed E-state index contributed by atoms with van der Waals surface area (Å²) < 4.78 is 33.8. The van der Waals surface area contributed by atoms with Crippen LogP contribution in [0.1, 0.15) is 200 Å². The summed E-state index contributed by atoms with van der Waals surface area (Å²) in [6, 6.07) is 10.2. The van der Waals surface area contributed by atoms with Crippen LogP contribution in [0.4, 0.5) is 28.8 Å². The van der Waals surface area contributed by atoms with Crippen molar-refractivity contribution >= 4 is 110 Å². The largest absolute Gasteiger partial charge is 0.498 e. The third kappa shape index (κ3) is 13.0. The van der Waals surface area contributed by atoms with Gasteiger partial charge in [0.25, 0.3) is 0 Å². The van der Waals surface area contributed by atoms with E-state index in [-0.39, 0.29) is 59.8 Å². The number of hydrogen-bond acceptors (Lipinski definition) is 12. The Hall–Kier alpha value is -5.21. The number of halogens is 2. The Bertz CT molecular complexity index is 3370. The van der Waals surface area contributed by atoms with Gasteiger partial charge in [-0.05, 0) is 233 Å². The molecule has 7 aliphatic carbocycles. The van der Waals surface area contributed by atoms with Gasteiger partial charge >= 0.3 is 7.12 Å². The van der Waals surface area contributed by atoms with Gasteiger partial charge in [0.15, 0.2) is 0 Å². The van der Waals surface area contributed by atoms with Crippen LogP contribution in [0.25, 0.3) is 11.1 Å². The predicted molar refractivity (Wildman–Crippen MR) is 350 cm³/mol. The van der Waals surface area contributed by atoms with Crippen molar-refractivity contribution in [3.63, 3.8) is 0 Å². The maximum atomic E-state index is 13.2. The molecule has 1 saturated heterocycles. The lowest BCUT2D eigenvalue weighted by molar-refractivity contribution is -0.121. The van der Waals surface area contributed by atoms with E-state index >= 15 is 0 Å². The van der Waals surface area contributed by atoms with Crippen molar-refractivity contribution in [3.05, 3.63) is 61.1 Å². The highest BCUT2D eigenvalue weighted by Crippen LogP contribution is 2.50. The third-order valence-electron chi connectivity index (χ3n) is 18.9. The van der Waals surface area contributed by atoms with Crippen LogP contribution in [0.2, 0.25) is 0 Å². The number of amides is 4. The SMILES string of the molecule is CC(=O)Nc1c(-c2ccc3c(c2OC2CCC2)CC[C@H](C)N3C(=O)C2CC2)cnn1C1CC1.CC(=O)Nc1c(I)cnn1C1CC1.C[C@H]1CCc2c(ccc(B3OC(C)(C)C(C)(C)O3)c2OC2CCC2)N1C(=O)C1CC1.Nc1c(I)cnn1C1CC1. The molecule has 3 aromatic heterocycles. The Kier molecular flexibility index (Phi) is 17.5. The molecule has 0 unspecified atom stereocenters. The summed E-state index contributed by atoms with van der Waals surface area (Å²) in [6.07, 6.45) is 27.3. The molecule has 8 fully saturated rings. The van der Waals surface area contributed by atoms with Crippen molar-refractivity contribution in [2.75, 3.05) is 26.2 Å². The highest BCUT2D eigenvalue weighted by atomic mass is 127. The lowest BCUT2D eigenvalue weighted by atomic mass is 9.75. The zero-order chi connectivity index (χ0) is 60.5. The molecule has 10 aliphatic rings. The maximum absolute atomic E-state index is 13.2. The predicted octanol–water partition coefficient (Wildman–Crippen LogP) is 12.0. The van der Waals surface area contributed by atoms with E-state index < -0.39 is 18.3 Å². The monoisotopic (exact) mass is 1400 g/mol. The van der Waals surface area contributed by atoms with Gasteiger partial charge in [-0.3, -0.25) is 19.2 Å². The molecule has 22 heteroatoms. The first-order chi connectivity index (χ1) is 41.2. The van der Waals surface area contributed by atoms with Gasteiger partial charge in [-0.25, -0.2) is 14.0 Å². The minimum atomic E-state index is -0.456. The standard InChI is InChI=1S/C26H32N4O3.C24H34BNO4.C8H10IN3O.C6H8IN3/c1-15-6-11-21-23(29(15)26(32)17-7-8-17)13-12-20(24(21)33-19-4-3-5-19)22-14-27-30(18-9-10-18)25(22)28-16(2)31;1-15-9-12-18-20(26(15)22(27)16-10-11-16)14-13-19(21(18)28-17-7-6-8-17)25-29-23(2,3)24(4,5)30-25;1-5(13)11-8-7(9)4-10-12(8)6-2-3-6;7-5-3-9-10(6(5)8)4-1-2-4/h12-15,17-19H,3-11H2,1-2H3,(H,28,31);13-17H,6-12H2,1-5H3;4,6H,2-3H2,1H3,(H,11,13);3-4H,1-2,8H2/t2*15-;;/m00../s1. The van der Waals surface area contributed by atoms with Gasteiger partial charge < -0.3 is 44.9 Å². The van der Waals surface area contributed by atoms with Crippen molar-refractivity contribution in [2.45, 2.75) is 237 Å². The van der Waals surface area contributed by atoms with Crippen LogP contribution in [0, 0.1) is 19.0 Å². The van der Waals surface area contributed by atoms with Gasteiger partial charge in [0, 0.05) is 65.5 Å². The van der Waals surface area contributed by atoms with Crippen LogP contribution in [-0.4, -0.2) is 95.6 Å². The van der Waals surface area contributed by atoms with Crippen molar-refractivity contribution < 1.29 is 38.0 Å². The second-order valence-corrected chi connectivity index (χ2v) is 28.9. The first kappa shape index (κ1) is 61.1. The molecule has 460 valence electrons. The smallest absolute Gasteiger partial charge is 0.490 e. The number of nitrogens with two attached hydrogens (primary N) is 1. The number of fused-ring (bicyclic) bond motifs is 2. The maximum Gasteiger partial charge on any atom is 0.498 e. The molecule has 2 aromatic carbocycles. The summed E-state index contributed by atoms with van der Waals surface area (Å²) in [4.78, 5) is 53.3. The average Bonchev–Trinajstić information content (AvgIpc) is 2.30. The number of nitrogens with zero attached hydrogens (tertiary/aromatic N) is 8. The number of hydrogen-bond donors (Lipinski definition) is 3.